The highest BCUT2D eigenvalue weighted by atomic mass is 16.5. The van der Waals surface area contributed by atoms with Gasteiger partial charge in [0.2, 0.25) is 0 Å². The Morgan fingerprint density at radius 2 is 2.14 bits per heavy atom. The van der Waals surface area contributed by atoms with Crippen molar-refractivity contribution in [3.05, 3.63) is 0 Å². The standard InChI is InChI=1S/C12H21NO/c1-3-11(4-1)9-13-7-6-12(10-13)5-2-8-14-12/h11H,1-10H2. The fourth-order valence-electron chi connectivity index (χ4n) is 3.20. The zero-order chi connectivity index (χ0) is 9.43. The van der Waals surface area contributed by atoms with Gasteiger partial charge in [-0.1, -0.05) is 6.42 Å². The molecule has 2 nitrogen and oxygen atoms in total. The number of rotatable bonds is 2. The second-order valence-electron chi connectivity index (χ2n) is 5.42. The molecule has 0 aromatic carbocycles. The third-order valence-electron chi connectivity index (χ3n) is 4.32. The van der Waals surface area contributed by atoms with Crippen LogP contribution in [0.3, 0.4) is 0 Å². The van der Waals surface area contributed by atoms with Crippen LogP contribution in [0.25, 0.3) is 0 Å². The van der Waals surface area contributed by atoms with E-state index in [0.29, 0.717) is 5.60 Å². The molecule has 3 aliphatic rings. The van der Waals surface area contributed by atoms with Crippen LogP contribution in [-0.2, 0) is 4.74 Å². The molecule has 2 aliphatic heterocycles. The van der Waals surface area contributed by atoms with Gasteiger partial charge in [0.05, 0.1) is 5.60 Å². The van der Waals surface area contributed by atoms with Gasteiger partial charge in [-0.05, 0) is 38.0 Å². The number of hydrogen-bond donors (Lipinski definition) is 0. The molecule has 1 unspecified atom stereocenters. The first-order valence-corrected chi connectivity index (χ1v) is 6.23. The summed E-state index contributed by atoms with van der Waals surface area (Å²) in [6.07, 6.45) is 8.32. The number of hydrogen-bond acceptors (Lipinski definition) is 2. The van der Waals surface area contributed by atoms with Crippen molar-refractivity contribution in [2.45, 2.75) is 44.1 Å². The lowest BCUT2D eigenvalue weighted by molar-refractivity contribution is 0.0106. The summed E-state index contributed by atoms with van der Waals surface area (Å²) >= 11 is 0. The molecule has 0 bridgehead atoms. The van der Waals surface area contributed by atoms with E-state index in [9.17, 15) is 0 Å². The Hall–Kier alpha value is -0.0800. The third kappa shape index (κ3) is 1.59. The maximum Gasteiger partial charge on any atom is 0.0821 e. The molecule has 2 saturated heterocycles. The first kappa shape index (κ1) is 9.17. The molecular formula is C12H21NO. The molecule has 0 aromatic rings. The topological polar surface area (TPSA) is 12.5 Å². The van der Waals surface area contributed by atoms with Crippen LogP contribution in [0.15, 0.2) is 0 Å². The summed E-state index contributed by atoms with van der Waals surface area (Å²) in [6, 6.07) is 0. The lowest BCUT2D eigenvalue weighted by Crippen LogP contribution is -2.36. The molecule has 0 amide bonds. The molecule has 1 aliphatic carbocycles. The van der Waals surface area contributed by atoms with Crippen molar-refractivity contribution in [3.8, 4) is 0 Å². The maximum atomic E-state index is 5.92. The fraction of sp³-hybridized carbons (Fsp3) is 1.00. The molecule has 1 spiro atoms. The Balaban J connectivity index is 1.53. The van der Waals surface area contributed by atoms with Gasteiger partial charge in [-0.15, -0.1) is 0 Å². The van der Waals surface area contributed by atoms with Crippen molar-refractivity contribution in [3.63, 3.8) is 0 Å². The highest BCUT2D eigenvalue weighted by molar-refractivity contribution is 4.95. The minimum atomic E-state index is 0.295. The molecule has 2 heteroatoms. The Labute approximate surface area is 86.6 Å². The highest BCUT2D eigenvalue weighted by Crippen LogP contribution is 2.36. The summed E-state index contributed by atoms with van der Waals surface area (Å²) < 4.78 is 5.92. The Morgan fingerprint density at radius 3 is 2.79 bits per heavy atom. The zero-order valence-corrected chi connectivity index (χ0v) is 9.00. The van der Waals surface area contributed by atoms with E-state index in [1.54, 1.807) is 0 Å². The first-order valence-electron chi connectivity index (χ1n) is 6.23. The molecule has 0 N–H and O–H groups in total. The molecule has 3 rings (SSSR count). The summed E-state index contributed by atoms with van der Waals surface area (Å²) in [4.78, 5) is 2.65. The second kappa shape index (κ2) is 3.49. The van der Waals surface area contributed by atoms with Gasteiger partial charge in [0.1, 0.15) is 0 Å². The predicted molar refractivity (Wildman–Crippen MR) is 56.3 cm³/mol. The molecule has 1 saturated carbocycles. The molecule has 1 atom stereocenters. The summed E-state index contributed by atoms with van der Waals surface area (Å²) in [5.41, 5.74) is 0.295. The molecule has 14 heavy (non-hydrogen) atoms. The average molecular weight is 195 g/mol. The Morgan fingerprint density at radius 1 is 1.21 bits per heavy atom. The lowest BCUT2D eigenvalue weighted by Gasteiger charge is -2.31. The van der Waals surface area contributed by atoms with Crippen molar-refractivity contribution in [2.24, 2.45) is 5.92 Å². The average Bonchev–Trinajstić information content (AvgIpc) is 2.71. The summed E-state index contributed by atoms with van der Waals surface area (Å²) in [5, 5.41) is 0. The van der Waals surface area contributed by atoms with Gasteiger partial charge in [0.25, 0.3) is 0 Å². The van der Waals surface area contributed by atoms with E-state index < -0.39 is 0 Å². The van der Waals surface area contributed by atoms with E-state index in [1.165, 1.54) is 58.2 Å². The van der Waals surface area contributed by atoms with Gasteiger partial charge in [0.15, 0.2) is 0 Å². The van der Waals surface area contributed by atoms with E-state index in [-0.39, 0.29) is 0 Å². The van der Waals surface area contributed by atoms with E-state index in [1.807, 2.05) is 0 Å². The van der Waals surface area contributed by atoms with Crippen molar-refractivity contribution in [2.75, 3.05) is 26.2 Å². The molecule has 3 fully saturated rings. The SMILES string of the molecule is C1CC(CN2CCC3(CCCO3)C2)C1. The van der Waals surface area contributed by atoms with Crippen molar-refractivity contribution in [1.82, 2.24) is 4.90 Å². The zero-order valence-electron chi connectivity index (χ0n) is 9.00. The van der Waals surface area contributed by atoms with Crippen LogP contribution in [0.1, 0.15) is 38.5 Å². The molecule has 80 valence electrons. The Bertz CT molecular complexity index is 206. The van der Waals surface area contributed by atoms with Gasteiger partial charge >= 0.3 is 0 Å². The molecule has 0 aromatic heterocycles. The minimum absolute atomic E-state index is 0.295. The fourth-order valence-corrected chi connectivity index (χ4v) is 3.20. The Kier molecular flexibility index (Phi) is 2.29. The van der Waals surface area contributed by atoms with E-state index in [0.717, 1.165) is 12.5 Å². The van der Waals surface area contributed by atoms with E-state index in [2.05, 4.69) is 4.90 Å². The summed E-state index contributed by atoms with van der Waals surface area (Å²) in [7, 11) is 0. The van der Waals surface area contributed by atoms with Crippen LogP contribution in [0, 0.1) is 5.92 Å². The second-order valence-corrected chi connectivity index (χ2v) is 5.42. The van der Waals surface area contributed by atoms with E-state index in [4.69, 9.17) is 4.74 Å². The van der Waals surface area contributed by atoms with Gasteiger partial charge in [-0.2, -0.15) is 0 Å². The molecule has 0 radical (unpaired) electrons. The molecular weight excluding hydrogens is 174 g/mol. The maximum absolute atomic E-state index is 5.92. The number of likely N-dealkylation sites (tertiary alicyclic amines) is 1. The van der Waals surface area contributed by atoms with Gasteiger partial charge < -0.3 is 9.64 Å². The smallest absolute Gasteiger partial charge is 0.0821 e. The minimum Gasteiger partial charge on any atom is -0.374 e. The largest absolute Gasteiger partial charge is 0.374 e. The highest BCUT2D eigenvalue weighted by Gasteiger charge is 2.42. The van der Waals surface area contributed by atoms with E-state index >= 15 is 0 Å². The van der Waals surface area contributed by atoms with Crippen LogP contribution >= 0.6 is 0 Å². The normalized spacial score (nSPS) is 39.4. The lowest BCUT2D eigenvalue weighted by atomic mass is 9.85. The summed E-state index contributed by atoms with van der Waals surface area (Å²) in [5.74, 6) is 1.02. The van der Waals surface area contributed by atoms with Crippen LogP contribution in [0.2, 0.25) is 0 Å². The van der Waals surface area contributed by atoms with Gasteiger partial charge in [-0.3, -0.25) is 0 Å². The monoisotopic (exact) mass is 195 g/mol. The first-order chi connectivity index (χ1) is 6.86. The number of ether oxygens (including phenoxy) is 1. The van der Waals surface area contributed by atoms with Crippen molar-refractivity contribution in [1.29, 1.82) is 0 Å². The predicted octanol–water partition coefficient (Wildman–Crippen LogP) is 2.04. The van der Waals surface area contributed by atoms with Gasteiger partial charge in [0, 0.05) is 26.2 Å². The van der Waals surface area contributed by atoms with Crippen LogP contribution in [-0.4, -0.2) is 36.7 Å². The van der Waals surface area contributed by atoms with Crippen LogP contribution < -0.4 is 0 Å². The van der Waals surface area contributed by atoms with Crippen molar-refractivity contribution < 1.29 is 4.74 Å². The third-order valence-corrected chi connectivity index (χ3v) is 4.32. The van der Waals surface area contributed by atoms with Crippen LogP contribution in [0.4, 0.5) is 0 Å². The van der Waals surface area contributed by atoms with Gasteiger partial charge in [-0.25, -0.2) is 0 Å². The van der Waals surface area contributed by atoms with Crippen molar-refractivity contribution >= 4 is 0 Å². The van der Waals surface area contributed by atoms with Crippen LogP contribution in [0.5, 0.6) is 0 Å². The quantitative estimate of drug-likeness (QED) is 0.668. The number of nitrogens with zero attached hydrogens (tertiary/aromatic N) is 1. The molecule has 2 heterocycles. The summed E-state index contributed by atoms with van der Waals surface area (Å²) in [6.45, 7) is 4.88.